The van der Waals surface area contributed by atoms with Crippen molar-refractivity contribution in [2.75, 3.05) is 13.1 Å². The molecule has 1 saturated carbocycles. The van der Waals surface area contributed by atoms with Crippen molar-refractivity contribution in [2.45, 2.75) is 25.8 Å². The van der Waals surface area contributed by atoms with Gasteiger partial charge in [-0.15, -0.1) is 0 Å². The number of aromatic nitrogens is 2. The van der Waals surface area contributed by atoms with Gasteiger partial charge in [-0.3, -0.25) is 4.79 Å². The van der Waals surface area contributed by atoms with Crippen molar-refractivity contribution in [2.24, 2.45) is 11.3 Å². The average molecular weight is 500 g/mol. The van der Waals surface area contributed by atoms with Crippen molar-refractivity contribution in [1.82, 2.24) is 14.9 Å². The molecule has 33 heavy (non-hydrogen) atoms. The van der Waals surface area contributed by atoms with E-state index in [-0.39, 0.29) is 11.3 Å². The van der Waals surface area contributed by atoms with Gasteiger partial charge in [0.15, 0.2) is 0 Å². The van der Waals surface area contributed by atoms with E-state index in [4.69, 9.17) is 4.98 Å². The molecule has 6 rings (SSSR count). The number of rotatable bonds is 6. The maximum Gasteiger partial charge on any atom is 0.145 e. The van der Waals surface area contributed by atoms with E-state index in [2.05, 4.69) is 86.5 Å². The Morgan fingerprint density at radius 3 is 2.39 bits per heavy atom. The number of para-hydroxylation sites is 1. The Morgan fingerprint density at radius 2 is 1.70 bits per heavy atom. The van der Waals surface area contributed by atoms with E-state index in [0.717, 1.165) is 59.2 Å². The summed E-state index contributed by atoms with van der Waals surface area (Å²) in [7, 11) is 0. The molecule has 166 valence electrons. The standard InChI is InChI=1S/C28H26BrN3O/c29-23-7-4-8-24-25(23)31-27(22-13-9-20(10-14-22)19-5-2-1-3-6-19)32(24)18-28(15-16-30-17-28)26(33)21-11-12-21/h1-10,13-14,21,30H,11-12,15-18H2/t28-/m0/s1. The van der Waals surface area contributed by atoms with Gasteiger partial charge >= 0.3 is 0 Å². The summed E-state index contributed by atoms with van der Waals surface area (Å²) in [5, 5.41) is 3.47. The van der Waals surface area contributed by atoms with Gasteiger partial charge in [-0.1, -0.05) is 60.7 Å². The first-order valence-electron chi connectivity index (χ1n) is 11.7. The van der Waals surface area contributed by atoms with Gasteiger partial charge in [0.1, 0.15) is 17.1 Å². The number of halogens is 1. The van der Waals surface area contributed by atoms with Gasteiger partial charge in [0.2, 0.25) is 0 Å². The third kappa shape index (κ3) is 3.73. The number of hydrogen-bond acceptors (Lipinski definition) is 3. The molecule has 1 N–H and O–H groups in total. The van der Waals surface area contributed by atoms with Crippen LogP contribution in [0.15, 0.2) is 77.3 Å². The van der Waals surface area contributed by atoms with Crippen LogP contribution in [-0.2, 0) is 11.3 Å². The number of nitrogens with one attached hydrogen (secondary N) is 1. The molecular formula is C28H26BrN3O. The van der Waals surface area contributed by atoms with Crippen molar-refractivity contribution in [3.8, 4) is 22.5 Å². The third-order valence-corrected chi connectivity index (χ3v) is 7.80. The molecule has 1 atom stereocenters. The number of benzene rings is 3. The summed E-state index contributed by atoms with van der Waals surface area (Å²) in [6.45, 7) is 2.32. The zero-order chi connectivity index (χ0) is 22.4. The second-order valence-corrected chi connectivity index (χ2v) is 10.3. The fraction of sp³-hybridized carbons (Fsp3) is 0.286. The van der Waals surface area contributed by atoms with E-state index in [1.807, 2.05) is 12.1 Å². The summed E-state index contributed by atoms with van der Waals surface area (Å²) < 4.78 is 3.26. The maximum absolute atomic E-state index is 13.4. The van der Waals surface area contributed by atoms with Crippen LogP contribution in [0.5, 0.6) is 0 Å². The normalized spacial score (nSPS) is 20.4. The topological polar surface area (TPSA) is 46.9 Å². The highest BCUT2D eigenvalue weighted by Crippen LogP contribution is 2.42. The Bertz CT molecular complexity index is 1320. The second-order valence-electron chi connectivity index (χ2n) is 9.42. The number of imidazole rings is 1. The molecule has 1 aromatic heterocycles. The van der Waals surface area contributed by atoms with E-state index in [1.165, 1.54) is 11.1 Å². The van der Waals surface area contributed by atoms with Gasteiger partial charge in [0, 0.05) is 29.0 Å². The van der Waals surface area contributed by atoms with Crippen molar-refractivity contribution in [1.29, 1.82) is 0 Å². The number of carbonyl (C=O) groups excluding carboxylic acids is 1. The molecule has 2 fully saturated rings. The monoisotopic (exact) mass is 499 g/mol. The molecule has 2 aliphatic rings. The lowest BCUT2D eigenvalue weighted by molar-refractivity contribution is -0.129. The largest absolute Gasteiger partial charge is 0.323 e. The lowest BCUT2D eigenvalue weighted by atomic mass is 9.80. The Morgan fingerprint density at radius 1 is 0.970 bits per heavy atom. The third-order valence-electron chi connectivity index (χ3n) is 7.16. The number of hydrogen-bond donors (Lipinski definition) is 1. The molecule has 0 spiro atoms. The van der Waals surface area contributed by atoms with Crippen LogP contribution in [0.25, 0.3) is 33.5 Å². The van der Waals surface area contributed by atoms with E-state index in [9.17, 15) is 4.79 Å². The molecule has 1 aliphatic heterocycles. The summed E-state index contributed by atoms with van der Waals surface area (Å²) in [5.41, 5.74) is 5.11. The quantitative estimate of drug-likeness (QED) is 0.349. The highest BCUT2D eigenvalue weighted by molar-refractivity contribution is 9.10. The van der Waals surface area contributed by atoms with Crippen LogP contribution in [0.3, 0.4) is 0 Å². The number of Topliss-reactive ketones (excluding diaryl/α,β-unsaturated/α-hetero) is 1. The van der Waals surface area contributed by atoms with Crippen molar-refractivity contribution in [3.63, 3.8) is 0 Å². The first kappa shape index (κ1) is 20.8. The molecule has 0 unspecified atom stereocenters. The van der Waals surface area contributed by atoms with Crippen LogP contribution in [0.2, 0.25) is 0 Å². The maximum atomic E-state index is 13.4. The molecule has 3 aromatic carbocycles. The first-order valence-corrected chi connectivity index (χ1v) is 12.5. The van der Waals surface area contributed by atoms with Gasteiger partial charge < -0.3 is 9.88 Å². The van der Waals surface area contributed by atoms with E-state index in [0.29, 0.717) is 12.3 Å². The Labute approximate surface area is 202 Å². The second kappa shape index (κ2) is 8.23. The number of nitrogens with zero attached hydrogens (tertiary/aromatic N) is 2. The highest BCUT2D eigenvalue weighted by atomic mass is 79.9. The molecule has 0 amide bonds. The smallest absolute Gasteiger partial charge is 0.145 e. The first-order chi connectivity index (χ1) is 16.1. The summed E-state index contributed by atoms with van der Waals surface area (Å²) in [5.74, 6) is 1.61. The Balaban J connectivity index is 1.45. The summed E-state index contributed by atoms with van der Waals surface area (Å²) in [4.78, 5) is 18.5. The van der Waals surface area contributed by atoms with Gasteiger partial charge in [-0.05, 0) is 65.0 Å². The van der Waals surface area contributed by atoms with Crippen LogP contribution in [0.4, 0.5) is 0 Å². The van der Waals surface area contributed by atoms with Crippen LogP contribution >= 0.6 is 15.9 Å². The summed E-state index contributed by atoms with van der Waals surface area (Å²) in [6.07, 6.45) is 2.98. The molecule has 1 aliphatic carbocycles. The van der Waals surface area contributed by atoms with Crippen molar-refractivity contribution >= 4 is 32.7 Å². The Hall–Kier alpha value is -2.76. The predicted molar refractivity (Wildman–Crippen MR) is 136 cm³/mol. The van der Waals surface area contributed by atoms with Gasteiger partial charge in [0.25, 0.3) is 0 Å². The molecular weight excluding hydrogens is 474 g/mol. The number of ketones is 1. The van der Waals surface area contributed by atoms with Crippen molar-refractivity contribution < 1.29 is 4.79 Å². The molecule has 2 heterocycles. The van der Waals surface area contributed by atoms with E-state index < -0.39 is 0 Å². The lowest BCUT2D eigenvalue weighted by Gasteiger charge is -2.28. The zero-order valence-electron chi connectivity index (χ0n) is 18.4. The fourth-order valence-corrected chi connectivity index (χ4v) is 5.63. The average Bonchev–Trinajstić information content (AvgIpc) is 3.49. The van der Waals surface area contributed by atoms with Crippen LogP contribution in [0, 0.1) is 11.3 Å². The summed E-state index contributed by atoms with van der Waals surface area (Å²) >= 11 is 3.69. The fourth-order valence-electron chi connectivity index (χ4n) is 5.18. The molecule has 5 heteroatoms. The molecule has 1 saturated heterocycles. The number of fused-ring (bicyclic) bond motifs is 1. The van der Waals surface area contributed by atoms with E-state index in [1.54, 1.807) is 0 Å². The molecule has 4 aromatic rings. The lowest BCUT2D eigenvalue weighted by Crippen LogP contribution is -2.39. The molecule has 0 radical (unpaired) electrons. The predicted octanol–water partition coefficient (Wildman–Crippen LogP) is 6.09. The summed E-state index contributed by atoms with van der Waals surface area (Å²) in [6, 6.07) is 25.2. The minimum absolute atomic E-state index is 0.250. The zero-order valence-corrected chi connectivity index (χ0v) is 20.0. The Kier molecular flexibility index (Phi) is 5.19. The van der Waals surface area contributed by atoms with Crippen LogP contribution in [-0.4, -0.2) is 28.4 Å². The minimum atomic E-state index is -0.351. The van der Waals surface area contributed by atoms with Gasteiger partial charge in [-0.25, -0.2) is 4.98 Å². The van der Waals surface area contributed by atoms with Gasteiger partial charge in [-0.2, -0.15) is 0 Å². The minimum Gasteiger partial charge on any atom is -0.323 e. The highest BCUT2D eigenvalue weighted by Gasteiger charge is 2.48. The number of carbonyl (C=O) groups is 1. The van der Waals surface area contributed by atoms with Crippen molar-refractivity contribution in [3.05, 3.63) is 77.3 Å². The molecule has 0 bridgehead atoms. The van der Waals surface area contributed by atoms with Gasteiger partial charge in [0.05, 0.1) is 10.9 Å². The SMILES string of the molecule is O=C(C1CC1)[C@@]1(Cn2c(-c3ccc(-c4ccccc4)cc3)nc3c(Br)cccc32)CCNC1. The molecule has 4 nitrogen and oxygen atoms in total. The van der Waals surface area contributed by atoms with E-state index >= 15 is 0 Å². The van der Waals surface area contributed by atoms with Crippen LogP contribution < -0.4 is 5.32 Å². The van der Waals surface area contributed by atoms with Crippen LogP contribution in [0.1, 0.15) is 19.3 Å².